The van der Waals surface area contributed by atoms with Crippen LogP contribution in [0.5, 0.6) is 0 Å². The normalized spacial score (nSPS) is 12.6. The molecular weight excluding hydrogens is 446 g/mol. The van der Waals surface area contributed by atoms with E-state index in [9.17, 15) is 28.8 Å². The van der Waals surface area contributed by atoms with Crippen molar-refractivity contribution in [3.05, 3.63) is 12.2 Å². The molecular formula is C22H39N5O7. The third-order valence-corrected chi connectivity index (χ3v) is 4.18. The summed E-state index contributed by atoms with van der Waals surface area (Å²) in [5.74, 6) is -1.59. The van der Waals surface area contributed by atoms with Gasteiger partial charge < -0.3 is 31.6 Å². The van der Waals surface area contributed by atoms with Crippen LogP contribution in [0.2, 0.25) is 0 Å². The molecule has 1 rings (SSSR count). The lowest BCUT2D eigenvalue weighted by Crippen LogP contribution is -2.35. The van der Waals surface area contributed by atoms with Gasteiger partial charge in [0.15, 0.2) is 0 Å². The zero-order chi connectivity index (χ0) is 26.4. The summed E-state index contributed by atoms with van der Waals surface area (Å²) in [7, 11) is 1.58. The molecule has 0 saturated carbocycles. The number of carbonyl (C=O) groups excluding carboxylic acids is 5. The minimum absolute atomic E-state index is 0.0429. The van der Waals surface area contributed by atoms with Gasteiger partial charge in [-0.25, -0.2) is 4.79 Å². The van der Waals surface area contributed by atoms with E-state index in [4.69, 9.17) is 10.8 Å². The van der Waals surface area contributed by atoms with E-state index in [0.29, 0.717) is 51.5 Å². The van der Waals surface area contributed by atoms with E-state index in [1.807, 2.05) is 0 Å². The van der Waals surface area contributed by atoms with Gasteiger partial charge in [0, 0.05) is 31.7 Å². The summed E-state index contributed by atoms with van der Waals surface area (Å²) in [4.78, 5) is 65.4. The minimum atomic E-state index is -0.887. The van der Waals surface area contributed by atoms with E-state index in [1.165, 1.54) is 23.5 Å². The molecule has 12 heteroatoms. The second-order valence-corrected chi connectivity index (χ2v) is 7.26. The summed E-state index contributed by atoms with van der Waals surface area (Å²) in [6, 6.07) is -1.15. The molecule has 0 radical (unpaired) electrons. The van der Waals surface area contributed by atoms with Crippen LogP contribution in [0.1, 0.15) is 58.8 Å². The number of hydrogen-bond acceptors (Lipinski definition) is 7. The Kier molecular flexibility index (Phi) is 20.9. The van der Waals surface area contributed by atoms with Crippen molar-refractivity contribution in [1.82, 2.24) is 20.9 Å². The number of nitrogens with two attached hydrogens (primary N) is 1. The fraction of sp³-hybridized carbons (Fsp3) is 0.636. The number of likely N-dealkylation sites (N-methyl/N-ethyl adjacent to an activating group) is 1. The lowest BCUT2D eigenvalue weighted by Gasteiger charge is -2.12. The summed E-state index contributed by atoms with van der Waals surface area (Å²) in [5, 5.41) is 16.1. The summed E-state index contributed by atoms with van der Waals surface area (Å²) in [6.45, 7) is 5.09. The Morgan fingerprint density at radius 1 is 1.06 bits per heavy atom. The van der Waals surface area contributed by atoms with Crippen molar-refractivity contribution in [1.29, 1.82) is 0 Å². The third kappa shape index (κ3) is 18.3. The summed E-state index contributed by atoms with van der Waals surface area (Å²) in [6.07, 6.45) is 7.92. The Hall–Kier alpha value is -3.28. The largest absolute Gasteiger partial charge is 0.480 e. The van der Waals surface area contributed by atoms with E-state index in [2.05, 4.69) is 29.8 Å². The van der Waals surface area contributed by atoms with Gasteiger partial charge in [-0.1, -0.05) is 26.7 Å². The number of nitrogens with one attached hydrogen (secondary N) is 3. The molecule has 1 aliphatic heterocycles. The first kappa shape index (κ1) is 32.9. The zero-order valence-corrected chi connectivity index (χ0v) is 20.3. The molecule has 0 aliphatic carbocycles. The van der Waals surface area contributed by atoms with Gasteiger partial charge in [-0.15, -0.1) is 0 Å². The van der Waals surface area contributed by atoms with Gasteiger partial charge in [-0.05, 0) is 32.7 Å². The van der Waals surface area contributed by atoms with Crippen LogP contribution in [-0.2, 0) is 24.0 Å². The average molecular weight is 486 g/mol. The third-order valence-electron chi connectivity index (χ3n) is 4.18. The highest BCUT2D eigenvalue weighted by molar-refractivity contribution is 6.12. The predicted octanol–water partition coefficient (Wildman–Crippen LogP) is 0.311. The van der Waals surface area contributed by atoms with Crippen LogP contribution in [0.25, 0.3) is 0 Å². The quantitative estimate of drug-likeness (QED) is 0.132. The maximum absolute atomic E-state index is 11.2. The first-order valence-corrected chi connectivity index (χ1v) is 11.3. The average Bonchev–Trinajstić information content (AvgIpc) is 3.10. The van der Waals surface area contributed by atoms with Crippen molar-refractivity contribution in [3.63, 3.8) is 0 Å². The van der Waals surface area contributed by atoms with Gasteiger partial charge in [0.2, 0.25) is 5.91 Å². The number of rotatable bonds is 14. The van der Waals surface area contributed by atoms with Crippen LogP contribution in [-0.4, -0.2) is 78.7 Å². The van der Waals surface area contributed by atoms with Crippen molar-refractivity contribution < 1.29 is 33.9 Å². The smallest absolute Gasteiger partial charge is 0.320 e. The molecule has 0 aromatic rings. The van der Waals surface area contributed by atoms with Crippen LogP contribution < -0.4 is 21.7 Å². The predicted molar refractivity (Wildman–Crippen MR) is 127 cm³/mol. The van der Waals surface area contributed by atoms with Gasteiger partial charge in [-0.3, -0.25) is 24.1 Å². The molecule has 0 aromatic heterocycles. The number of amides is 5. The highest BCUT2D eigenvalue weighted by Gasteiger charge is 2.22. The maximum atomic E-state index is 11.2. The molecule has 0 spiro atoms. The second-order valence-electron chi connectivity index (χ2n) is 7.26. The number of aldehydes is 1. The zero-order valence-electron chi connectivity index (χ0n) is 20.3. The molecule has 194 valence electrons. The lowest BCUT2D eigenvalue weighted by molar-refractivity contribution is -0.140. The first-order valence-electron chi connectivity index (χ1n) is 11.3. The Bertz CT molecular complexity index is 665. The highest BCUT2D eigenvalue weighted by atomic mass is 16.4. The van der Waals surface area contributed by atoms with Crippen molar-refractivity contribution in [2.45, 2.75) is 64.8 Å². The van der Waals surface area contributed by atoms with Crippen molar-refractivity contribution in [2.75, 3.05) is 26.7 Å². The molecule has 0 fully saturated rings. The van der Waals surface area contributed by atoms with Crippen molar-refractivity contribution in [2.24, 2.45) is 5.73 Å². The van der Waals surface area contributed by atoms with Crippen LogP contribution >= 0.6 is 0 Å². The first-order chi connectivity index (χ1) is 16.1. The van der Waals surface area contributed by atoms with Gasteiger partial charge in [0.05, 0.1) is 6.54 Å². The molecule has 1 heterocycles. The summed E-state index contributed by atoms with van der Waals surface area (Å²) < 4.78 is 0. The number of unbranched alkanes of at least 4 members (excludes halogenated alkanes) is 2. The van der Waals surface area contributed by atoms with Crippen LogP contribution in [0, 0.1) is 0 Å². The Balaban J connectivity index is 0. The van der Waals surface area contributed by atoms with Crippen molar-refractivity contribution >= 4 is 36.0 Å². The Morgan fingerprint density at radius 3 is 2.12 bits per heavy atom. The number of carboxylic acids is 1. The molecule has 0 saturated heterocycles. The second kappa shape index (κ2) is 21.6. The summed E-state index contributed by atoms with van der Waals surface area (Å²) in [5.41, 5.74) is 4.82. The van der Waals surface area contributed by atoms with E-state index < -0.39 is 18.0 Å². The molecule has 12 nitrogen and oxygen atoms in total. The number of urea groups is 1. The van der Waals surface area contributed by atoms with Crippen LogP contribution in [0.3, 0.4) is 0 Å². The SMILES string of the molecule is CCC.CNC(CCCNC(N)=O)C(=O)O.O=CCNC(=O)CCCCCN1C(=O)C=CC1=O. The number of imide groups is 1. The lowest BCUT2D eigenvalue weighted by atomic mass is 10.1. The minimum Gasteiger partial charge on any atom is -0.480 e. The molecule has 1 unspecified atom stereocenters. The summed E-state index contributed by atoms with van der Waals surface area (Å²) >= 11 is 0. The van der Waals surface area contributed by atoms with E-state index in [-0.39, 0.29) is 24.3 Å². The monoisotopic (exact) mass is 485 g/mol. The van der Waals surface area contributed by atoms with Crippen molar-refractivity contribution in [3.8, 4) is 0 Å². The number of carboxylic acid groups (broad SMARTS) is 1. The van der Waals surface area contributed by atoms with Gasteiger partial charge in [-0.2, -0.15) is 0 Å². The van der Waals surface area contributed by atoms with Gasteiger partial charge in [0.1, 0.15) is 12.3 Å². The van der Waals surface area contributed by atoms with Gasteiger partial charge in [0.25, 0.3) is 11.8 Å². The molecule has 34 heavy (non-hydrogen) atoms. The molecule has 6 N–H and O–H groups in total. The fourth-order valence-corrected chi connectivity index (χ4v) is 2.54. The number of aliphatic carboxylic acids is 1. The number of hydrogen-bond donors (Lipinski definition) is 5. The van der Waals surface area contributed by atoms with Gasteiger partial charge >= 0.3 is 12.0 Å². The maximum Gasteiger partial charge on any atom is 0.320 e. The standard InChI is InChI=1S/C12H16N2O4.C7H15N3O3.C3H8/c15-9-7-13-10(16)4-2-1-3-8-14-11(17)5-6-12(14)18;1-9-5(6(11)12)3-2-4-10-7(8)13;1-3-2/h5-6,9H,1-4,7-8H2,(H,13,16);5,9H,2-4H2,1H3,(H,11,12)(H3,8,10,13);3H2,1-2H3. The van der Waals surface area contributed by atoms with Crippen LogP contribution in [0.4, 0.5) is 4.79 Å². The molecule has 5 amide bonds. The highest BCUT2D eigenvalue weighted by Crippen LogP contribution is 2.07. The van der Waals surface area contributed by atoms with E-state index in [1.54, 1.807) is 7.05 Å². The molecule has 1 atom stereocenters. The molecule has 0 aromatic carbocycles. The van der Waals surface area contributed by atoms with E-state index >= 15 is 0 Å². The molecule has 0 bridgehead atoms. The van der Waals surface area contributed by atoms with E-state index in [0.717, 1.165) is 6.42 Å². The topological polar surface area (TPSA) is 188 Å². The fourth-order valence-electron chi connectivity index (χ4n) is 2.54. The molecule has 1 aliphatic rings. The number of nitrogens with zero attached hydrogens (tertiary/aromatic N) is 1. The number of primary amides is 1. The number of carbonyl (C=O) groups is 6. The Labute approximate surface area is 200 Å². The van der Waals surface area contributed by atoms with Crippen LogP contribution in [0.15, 0.2) is 12.2 Å². The Morgan fingerprint density at radius 2 is 1.65 bits per heavy atom.